The Morgan fingerprint density at radius 3 is 2.63 bits per heavy atom. The van der Waals surface area contributed by atoms with Crippen LogP contribution in [0.3, 0.4) is 0 Å². The van der Waals surface area contributed by atoms with Gasteiger partial charge in [0, 0.05) is 10.9 Å². The minimum atomic E-state index is -4.43. The highest BCUT2D eigenvalue weighted by Crippen LogP contribution is 2.31. The summed E-state index contributed by atoms with van der Waals surface area (Å²) < 4.78 is 37.5. The summed E-state index contributed by atoms with van der Waals surface area (Å²) in [4.78, 5) is 12.9. The summed E-state index contributed by atoms with van der Waals surface area (Å²) in [6.07, 6.45) is -4.37. The fourth-order valence-electron chi connectivity index (χ4n) is 1.80. The van der Waals surface area contributed by atoms with Gasteiger partial charge in [0.1, 0.15) is 11.7 Å². The maximum atomic E-state index is 12.5. The van der Waals surface area contributed by atoms with Crippen molar-refractivity contribution in [2.24, 2.45) is 5.73 Å². The predicted octanol–water partition coefficient (Wildman–Crippen LogP) is 2.14. The van der Waals surface area contributed by atoms with E-state index in [0.29, 0.717) is 16.5 Å². The number of hydrogen-bond donors (Lipinski definition) is 3. The number of nitrogens with one attached hydrogen (secondary N) is 1. The Kier molecular flexibility index (Phi) is 3.23. The number of hydrogen-bond acceptors (Lipinski definition) is 2. The third kappa shape index (κ3) is 2.87. The van der Waals surface area contributed by atoms with E-state index in [1.165, 1.54) is 12.1 Å². The maximum Gasteiger partial charge on any atom is 0.431 e. The van der Waals surface area contributed by atoms with Crippen LogP contribution < -0.4 is 5.73 Å². The lowest BCUT2D eigenvalue weighted by Crippen LogP contribution is -2.32. The molecule has 1 unspecified atom stereocenters. The highest BCUT2D eigenvalue weighted by atomic mass is 19.4. The minimum Gasteiger partial charge on any atom is -0.480 e. The zero-order valence-electron chi connectivity index (χ0n) is 9.66. The summed E-state index contributed by atoms with van der Waals surface area (Å²) in [5, 5.41) is 9.06. The molecule has 4 N–H and O–H groups in total. The summed E-state index contributed by atoms with van der Waals surface area (Å²) >= 11 is 0. The fourth-order valence-corrected chi connectivity index (χ4v) is 1.80. The van der Waals surface area contributed by atoms with Gasteiger partial charge in [-0.25, -0.2) is 0 Å². The fraction of sp³-hybridized carbons (Fsp3) is 0.250. The Labute approximate surface area is 106 Å². The first-order chi connectivity index (χ1) is 8.77. The Balaban J connectivity index is 2.33. The van der Waals surface area contributed by atoms with Crippen molar-refractivity contribution in [1.29, 1.82) is 0 Å². The molecule has 1 atom stereocenters. The number of nitrogens with two attached hydrogens (primary N) is 1. The number of halogens is 3. The summed E-state index contributed by atoms with van der Waals surface area (Å²) in [6.45, 7) is 0. The van der Waals surface area contributed by atoms with Crippen molar-refractivity contribution < 1.29 is 23.1 Å². The van der Waals surface area contributed by atoms with E-state index in [4.69, 9.17) is 10.8 Å². The number of benzene rings is 1. The summed E-state index contributed by atoms with van der Waals surface area (Å²) in [7, 11) is 0. The lowest BCUT2D eigenvalue weighted by Gasteiger charge is -2.06. The van der Waals surface area contributed by atoms with Crippen LogP contribution in [0.25, 0.3) is 10.9 Å². The van der Waals surface area contributed by atoms with Gasteiger partial charge in [-0.3, -0.25) is 4.79 Å². The standard InChI is InChI=1S/C12H11F3N2O2/c13-12(14,15)10-5-7-3-6(1-2-9(7)17-10)4-8(16)11(18)19/h1-3,5,8,17H,4,16H2,(H,18,19). The molecule has 1 aromatic heterocycles. The Morgan fingerprint density at radius 1 is 1.37 bits per heavy atom. The van der Waals surface area contributed by atoms with E-state index in [2.05, 4.69) is 4.98 Å². The van der Waals surface area contributed by atoms with Gasteiger partial charge in [0.2, 0.25) is 0 Å². The van der Waals surface area contributed by atoms with Gasteiger partial charge in [-0.2, -0.15) is 13.2 Å². The van der Waals surface area contributed by atoms with E-state index in [0.717, 1.165) is 6.07 Å². The van der Waals surface area contributed by atoms with Crippen LogP contribution in [0.4, 0.5) is 13.2 Å². The predicted molar refractivity (Wildman–Crippen MR) is 62.6 cm³/mol. The molecule has 0 saturated heterocycles. The lowest BCUT2D eigenvalue weighted by atomic mass is 10.0. The summed E-state index contributed by atoms with van der Waals surface area (Å²) in [5.41, 5.74) is 5.47. The largest absolute Gasteiger partial charge is 0.480 e. The molecular formula is C12H11F3N2O2. The molecule has 2 rings (SSSR count). The topological polar surface area (TPSA) is 79.1 Å². The Hall–Kier alpha value is -2.02. The van der Waals surface area contributed by atoms with Gasteiger partial charge in [-0.05, 0) is 30.2 Å². The molecular weight excluding hydrogens is 261 g/mol. The molecule has 4 nitrogen and oxygen atoms in total. The van der Waals surface area contributed by atoms with Gasteiger partial charge >= 0.3 is 12.1 Å². The molecule has 0 fully saturated rings. The summed E-state index contributed by atoms with van der Waals surface area (Å²) in [5.74, 6) is -1.15. The number of H-pyrrole nitrogens is 1. The number of alkyl halides is 3. The zero-order chi connectivity index (χ0) is 14.2. The molecule has 0 aliphatic carbocycles. The molecule has 2 aromatic rings. The van der Waals surface area contributed by atoms with Crippen LogP contribution in [0.5, 0.6) is 0 Å². The highest BCUT2D eigenvalue weighted by Gasteiger charge is 2.32. The average molecular weight is 272 g/mol. The number of carboxylic acid groups (broad SMARTS) is 1. The second kappa shape index (κ2) is 4.58. The molecule has 0 aliphatic rings. The van der Waals surface area contributed by atoms with E-state index < -0.39 is 23.9 Å². The zero-order valence-corrected chi connectivity index (χ0v) is 9.66. The van der Waals surface area contributed by atoms with E-state index in [1.54, 1.807) is 6.07 Å². The van der Waals surface area contributed by atoms with Crippen molar-refractivity contribution in [3.05, 3.63) is 35.5 Å². The lowest BCUT2D eigenvalue weighted by molar-refractivity contribution is -0.140. The van der Waals surface area contributed by atoms with Gasteiger partial charge in [-0.1, -0.05) is 6.07 Å². The second-order valence-electron chi connectivity index (χ2n) is 4.25. The Morgan fingerprint density at radius 2 is 2.05 bits per heavy atom. The van der Waals surface area contributed by atoms with Gasteiger partial charge in [0.15, 0.2) is 0 Å². The first-order valence-corrected chi connectivity index (χ1v) is 5.44. The quantitative estimate of drug-likeness (QED) is 0.801. The molecule has 1 heterocycles. The second-order valence-corrected chi connectivity index (χ2v) is 4.25. The van der Waals surface area contributed by atoms with Gasteiger partial charge in [0.05, 0.1) is 0 Å². The monoisotopic (exact) mass is 272 g/mol. The van der Waals surface area contributed by atoms with Crippen LogP contribution in [0.1, 0.15) is 11.3 Å². The van der Waals surface area contributed by atoms with Crippen molar-refractivity contribution >= 4 is 16.9 Å². The molecule has 0 radical (unpaired) electrons. The first-order valence-electron chi connectivity index (χ1n) is 5.44. The van der Waals surface area contributed by atoms with Crippen molar-refractivity contribution in [3.8, 4) is 0 Å². The van der Waals surface area contributed by atoms with Gasteiger partial charge in [-0.15, -0.1) is 0 Å². The number of fused-ring (bicyclic) bond motifs is 1. The Bertz CT molecular complexity index is 619. The molecule has 0 spiro atoms. The van der Waals surface area contributed by atoms with Crippen LogP contribution in [-0.2, 0) is 17.4 Å². The molecule has 7 heteroatoms. The molecule has 0 bridgehead atoms. The third-order valence-corrected chi connectivity index (χ3v) is 2.76. The highest BCUT2D eigenvalue weighted by molar-refractivity contribution is 5.81. The molecule has 1 aromatic carbocycles. The number of carbonyl (C=O) groups is 1. The van der Waals surface area contributed by atoms with Gasteiger partial charge < -0.3 is 15.8 Å². The van der Waals surface area contributed by atoms with Crippen molar-refractivity contribution in [1.82, 2.24) is 4.98 Å². The average Bonchev–Trinajstić information content (AvgIpc) is 2.71. The minimum absolute atomic E-state index is 0.0673. The maximum absolute atomic E-state index is 12.5. The number of aliphatic carboxylic acids is 1. The van der Waals surface area contributed by atoms with Crippen molar-refractivity contribution in [2.75, 3.05) is 0 Å². The van der Waals surface area contributed by atoms with Crippen LogP contribution in [-0.4, -0.2) is 22.1 Å². The third-order valence-electron chi connectivity index (χ3n) is 2.76. The normalized spacial score (nSPS) is 13.7. The van der Waals surface area contributed by atoms with Gasteiger partial charge in [0.25, 0.3) is 0 Å². The molecule has 102 valence electrons. The van der Waals surface area contributed by atoms with Crippen LogP contribution in [0, 0.1) is 0 Å². The number of aromatic nitrogens is 1. The summed E-state index contributed by atoms with van der Waals surface area (Å²) in [6, 6.07) is 4.46. The van der Waals surface area contributed by atoms with Crippen LogP contribution >= 0.6 is 0 Å². The van der Waals surface area contributed by atoms with E-state index in [9.17, 15) is 18.0 Å². The van der Waals surface area contributed by atoms with Crippen molar-refractivity contribution in [2.45, 2.75) is 18.6 Å². The number of carboxylic acids is 1. The number of aromatic amines is 1. The van der Waals surface area contributed by atoms with E-state index in [1.807, 2.05) is 0 Å². The van der Waals surface area contributed by atoms with Crippen molar-refractivity contribution in [3.63, 3.8) is 0 Å². The van der Waals surface area contributed by atoms with E-state index >= 15 is 0 Å². The number of rotatable bonds is 3. The smallest absolute Gasteiger partial charge is 0.431 e. The molecule has 0 aliphatic heterocycles. The molecule has 19 heavy (non-hydrogen) atoms. The SMILES string of the molecule is NC(Cc1ccc2[nH]c(C(F)(F)F)cc2c1)C(=O)O. The first kappa shape index (κ1) is 13.4. The van der Waals surface area contributed by atoms with Crippen LogP contribution in [0.2, 0.25) is 0 Å². The van der Waals surface area contributed by atoms with Crippen LogP contribution in [0.15, 0.2) is 24.3 Å². The molecule has 0 saturated carbocycles. The molecule has 0 amide bonds. The van der Waals surface area contributed by atoms with E-state index in [-0.39, 0.29) is 6.42 Å².